The van der Waals surface area contributed by atoms with E-state index in [9.17, 15) is 4.39 Å². The lowest BCUT2D eigenvalue weighted by Crippen LogP contribution is -1.96. The highest BCUT2D eigenvalue weighted by molar-refractivity contribution is 9.10. The molecule has 0 saturated heterocycles. The van der Waals surface area contributed by atoms with E-state index in [2.05, 4.69) is 15.9 Å². The van der Waals surface area contributed by atoms with Crippen molar-refractivity contribution >= 4 is 21.6 Å². The second-order valence-corrected chi connectivity index (χ2v) is 4.72. The van der Waals surface area contributed by atoms with Crippen LogP contribution in [-0.2, 0) is 6.42 Å². The maximum absolute atomic E-state index is 13.3. The van der Waals surface area contributed by atoms with Crippen LogP contribution in [0, 0.1) is 5.82 Å². The van der Waals surface area contributed by atoms with Crippen molar-refractivity contribution in [1.82, 2.24) is 0 Å². The summed E-state index contributed by atoms with van der Waals surface area (Å²) in [5.74, 6) is 0.790. The van der Waals surface area contributed by atoms with Crippen LogP contribution >= 0.6 is 15.9 Å². The predicted molar refractivity (Wildman–Crippen MR) is 74.4 cm³/mol. The summed E-state index contributed by atoms with van der Waals surface area (Å²) in [4.78, 5) is 0. The molecule has 0 aliphatic rings. The Bertz CT molecular complexity index is 572. The Hall–Kier alpha value is -1.55. The highest BCUT2D eigenvalue weighted by atomic mass is 79.9. The topological polar surface area (TPSA) is 35.2 Å². The summed E-state index contributed by atoms with van der Waals surface area (Å²) in [7, 11) is 0. The van der Waals surface area contributed by atoms with Crippen LogP contribution in [0.1, 0.15) is 12.5 Å². The second kappa shape index (κ2) is 5.40. The fourth-order valence-corrected chi connectivity index (χ4v) is 1.97. The molecule has 0 aliphatic carbocycles. The number of ether oxygens (including phenoxy) is 1. The van der Waals surface area contributed by atoms with Gasteiger partial charge in [0.1, 0.15) is 11.6 Å². The van der Waals surface area contributed by atoms with Crippen molar-refractivity contribution < 1.29 is 9.13 Å². The molecule has 0 unspecified atom stereocenters. The highest BCUT2D eigenvalue weighted by Crippen LogP contribution is 2.33. The molecule has 0 fully saturated rings. The summed E-state index contributed by atoms with van der Waals surface area (Å²) in [5, 5.41) is 0. The van der Waals surface area contributed by atoms with Gasteiger partial charge < -0.3 is 10.5 Å². The van der Waals surface area contributed by atoms with Crippen LogP contribution in [0.3, 0.4) is 0 Å². The van der Waals surface area contributed by atoms with Gasteiger partial charge in [-0.05, 0) is 34.0 Å². The van der Waals surface area contributed by atoms with Crippen LogP contribution in [0.4, 0.5) is 10.1 Å². The molecule has 0 amide bonds. The molecule has 0 atom stereocenters. The van der Waals surface area contributed by atoms with Gasteiger partial charge in [0.15, 0.2) is 5.75 Å². The zero-order valence-corrected chi connectivity index (χ0v) is 11.5. The van der Waals surface area contributed by atoms with Gasteiger partial charge in [0.05, 0.1) is 10.2 Å². The third-order valence-corrected chi connectivity index (χ3v) is 3.23. The van der Waals surface area contributed by atoms with E-state index >= 15 is 0 Å². The first-order valence-electron chi connectivity index (χ1n) is 5.62. The Morgan fingerprint density at radius 2 is 1.94 bits per heavy atom. The van der Waals surface area contributed by atoms with E-state index in [1.807, 2.05) is 31.2 Å². The van der Waals surface area contributed by atoms with Crippen LogP contribution in [0.25, 0.3) is 0 Å². The number of benzene rings is 2. The lowest BCUT2D eigenvalue weighted by atomic mass is 10.1. The third-order valence-electron chi connectivity index (χ3n) is 2.63. The fourth-order valence-electron chi connectivity index (χ4n) is 1.65. The van der Waals surface area contributed by atoms with E-state index < -0.39 is 5.82 Å². The highest BCUT2D eigenvalue weighted by Gasteiger charge is 2.09. The number of halogens is 2. The number of aryl methyl sites for hydroxylation is 1. The molecule has 2 aromatic carbocycles. The fraction of sp³-hybridized carbons (Fsp3) is 0.143. The lowest BCUT2D eigenvalue weighted by Gasteiger charge is -2.12. The van der Waals surface area contributed by atoms with Crippen LogP contribution < -0.4 is 10.5 Å². The zero-order valence-electron chi connectivity index (χ0n) is 9.91. The number of anilines is 1. The monoisotopic (exact) mass is 309 g/mol. The van der Waals surface area contributed by atoms with E-state index in [4.69, 9.17) is 10.5 Å². The van der Waals surface area contributed by atoms with Gasteiger partial charge in [0.25, 0.3) is 0 Å². The average Bonchev–Trinajstić information content (AvgIpc) is 2.36. The minimum absolute atomic E-state index is 0.279. The summed E-state index contributed by atoms with van der Waals surface area (Å²) >= 11 is 3.12. The van der Waals surface area contributed by atoms with Crippen molar-refractivity contribution in [2.24, 2.45) is 0 Å². The molecule has 0 aliphatic heterocycles. The zero-order chi connectivity index (χ0) is 13.1. The minimum atomic E-state index is -0.399. The number of nitrogens with two attached hydrogens (primary N) is 1. The van der Waals surface area contributed by atoms with Crippen LogP contribution in [0.15, 0.2) is 40.9 Å². The largest absolute Gasteiger partial charge is 0.455 e. The van der Waals surface area contributed by atoms with E-state index in [1.165, 1.54) is 12.1 Å². The van der Waals surface area contributed by atoms with Gasteiger partial charge in [0, 0.05) is 12.1 Å². The van der Waals surface area contributed by atoms with Gasteiger partial charge in [-0.1, -0.05) is 25.1 Å². The summed E-state index contributed by atoms with van der Waals surface area (Å²) in [6.07, 6.45) is 0.860. The first-order valence-corrected chi connectivity index (χ1v) is 6.41. The molecule has 4 heteroatoms. The molecule has 2 aromatic rings. The van der Waals surface area contributed by atoms with Gasteiger partial charge in [-0.2, -0.15) is 0 Å². The van der Waals surface area contributed by atoms with Crippen molar-refractivity contribution in [2.75, 3.05) is 5.73 Å². The second-order valence-electron chi connectivity index (χ2n) is 3.87. The maximum Gasteiger partial charge on any atom is 0.151 e. The summed E-state index contributed by atoms with van der Waals surface area (Å²) in [6, 6.07) is 10.5. The van der Waals surface area contributed by atoms with Crippen LogP contribution in [0.5, 0.6) is 11.5 Å². The summed E-state index contributed by atoms with van der Waals surface area (Å²) < 4.78 is 19.3. The predicted octanol–water partition coefficient (Wildman–Crippen LogP) is 4.53. The van der Waals surface area contributed by atoms with Crippen LogP contribution in [0.2, 0.25) is 0 Å². The lowest BCUT2D eigenvalue weighted by molar-refractivity contribution is 0.477. The van der Waals surface area contributed by atoms with Gasteiger partial charge >= 0.3 is 0 Å². The van der Waals surface area contributed by atoms with Crippen molar-refractivity contribution in [3.63, 3.8) is 0 Å². The third kappa shape index (κ3) is 2.64. The molecule has 0 spiro atoms. The maximum atomic E-state index is 13.3. The molecular formula is C14H13BrFNO. The van der Waals surface area contributed by atoms with Gasteiger partial charge in [0.2, 0.25) is 0 Å². The Morgan fingerprint density at radius 3 is 2.67 bits per heavy atom. The minimum Gasteiger partial charge on any atom is -0.455 e. The van der Waals surface area contributed by atoms with E-state index in [0.29, 0.717) is 10.2 Å². The molecule has 2 nitrogen and oxygen atoms in total. The molecule has 0 heterocycles. The molecule has 94 valence electrons. The van der Waals surface area contributed by atoms with Crippen molar-refractivity contribution in [2.45, 2.75) is 13.3 Å². The Morgan fingerprint density at radius 1 is 1.22 bits per heavy atom. The summed E-state index contributed by atoms with van der Waals surface area (Å²) in [6.45, 7) is 2.05. The number of para-hydroxylation sites is 1. The molecule has 0 bridgehead atoms. The van der Waals surface area contributed by atoms with E-state index in [-0.39, 0.29) is 5.69 Å². The van der Waals surface area contributed by atoms with Crippen molar-refractivity contribution in [1.29, 1.82) is 0 Å². The van der Waals surface area contributed by atoms with E-state index in [0.717, 1.165) is 17.7 Å². The quantitative estimate of drug-likeness (QED) is 0.846. The molecule has 2 N–H and O–H groups in total. The molecule has 18 heavy (non-hydrogen) atoms. The smallest absolute Gasteiger partial charge is 0.151 e. The number of rotatable bonds is 3. The van der Waals surface area contributed by atoms with Gasteiger partial charge in [-0.3, -0.25) is 0 Å². The summed E-state index contributed by atoms with van der Waals surface area (Å²) in [5.41, 5.74) is 7.10. The Labute approximate surface area is 114 Å². The first-order chi connectivity index (χ1) is 8.61. The Balaban J connectivity index is 2.37. The molecule has 0 saturated carbocycles. The Kier molecular flexibility index (Phi) is 3.87. The molecule has 0 aromatic heterocycles. The number of hydrogen-bond donors (Lipinski definition) is 1. The molecule has 0 radical (unpaired) electrons. The number of nitrogen functional groups attached to an aromatic ring is 1. The number of hydrogen-bond acceptors (Lipinski definition) is 2. The molecule has 2 rings (SSSR count). The normalized spacial score (nSPS) is 10.4. The SMILES string of the molecule is CCc1ccccc1Oc1cc(Br)c(F)cc1N. The van der Waals surface area contributed by atoms with Crippen molar-refractivity contribution in [3.8, 4) is 11.5 Å². The van der Waals surface area contributed by atoms with Crippen LogP contribution in [-0.4, -0.2) is 0 Å². The van der Waals surface area contributed by atoms with E-state index in [1.54, 1.807) is 0 Å². The molecular weight excluding hydrogens is 297 g/mol. The first kappa shape index (κ1) is 12.9. The van der Waals surface area contributed by atoms with Crippen molar-refractivity contribution in [3.05, 3.63) is 52.3 Å². The van der Waals surface area contributed by atoms with Gasteiger partial charge in [-0.15, -0.1) is 0 Å². The average molecular weight is 310 g/mol. The van der Waals surface area contributed by atoms with Gasteiger partial charge in [-0.25, -0.2) is 4.39 Å². The standard InChI is InChI=1S/C14H13BrFNO/c1-2-9-5-3-4-6-13(9)18-14-7-10(15)11(16)8-12(14)17/h3-8H,2,17H2,1H3.